The average molecular weight is 654 g/mol. The van der Waals surface area contributed by atoms with Gasteiger partial charge in [-0.1, -0.05) is 0 Å². The molecule has 3 amide bonds. The molecule has 0 heterocycles. The predicted molar refractivity (Wildman–Crippen MR) is 157 cm³/mol. The van der Waals surface area contributed by atoms with Crippen LogP contribution >= 0.6 is 21.4 Å². The summed E-state index contributed by atoms with van der Waals surface area (Å²) >= 11 is 0. The van der Waals surface area contributed by atoms with Crippen LogP contribution < -0.4 is 21.7 Å². The van der Waals surface area contributed by atoms with Gasteiger partial charge in [-0.15, -0.1) is 0 Å². The molecule has 0 aliphatic rings. The molecule has 0 saturated heterocycles. The number of ether oxygens (including phenoxy) is 3. The SMILES string of the molecule is CC(C)(C)N.COC(=O)[C@H](C)NC(=O)C(=O)NC(C)(C)C.COC(=O)[C@H](C)NC(=O)C(=O)OC(C)(C)C.O=S(Cl)Cl. The minimum atomic E-state index is -1.67. The van der Waals surface area contributed by atoms with Crippen LogP contribution in [-0.2, 0) is 52.2 Å². The van der Waals surface area contributed by atoms with Crippen molar-refractivity contribution in [3.63, 3.8) is 0 Å². The first kappa shape index (κ1) is 45.5. The van der Waals surface area contributed by atoms with Crippen molar-refractivity contribution in [3.8, 4) is 0 Å². The first-order valence-electron chi connectivity index (χ1n) is 11.9. The van der Waals surface area contributed by atoms with Crippen LogP contribution in [-0.4, -0.2) is 82.8 Å². The van der Waals surface area contributed by atoms with E-state index in [1.807, 2.05) is 20.8 Å². The Labute approximate surface area is 253 Å². The Morgan fingerprint density at radius 1 is 0.707 bits per heavy atom. The Hall–Kier alpha value is -2.49. The quantitative estimate of drug-likeness (QED) is 0.147. The van der Waals surface area contributed by atoms with Crippen molar-refractivity contribution in [1.29, 1.82) is 0 Å². The van der Waals surface area contributed by atoms with Crippen LogP contribution in [0.3, 0.4) is 0 Å². The van der Waals surface area contributed by atoms with E-state index < -0.39 is 68.1 Å². The molecule has 0 fully saturated rings. The van der Waals surface area contributed by atoms with Gasteiger partial charge in [0.2, 0.25) is 9.23 Å². The van der Waals surface area contributed by atoms with Crippen molar-refractivity contribution in [2.45, 2.75) is 105 Å². The first-order chi connectivity index (χ1) is 18.1. The zero-order valence-electron chi connectivity index (χ0n) is 26.0. The topological polar surface area (TPSA) is 209 Å². The average Bonchev–Trinajstić information content (AvgIpc) is 2.74. The third-order valence-corrected chi connectivity index (χ3v) is 3.08. The lowest BCUT2D eigenvalue weighted by atomic mass is 10.1. The van der Waals surface area contributed by atoms with Crippen LogP contribution in [0.25, 0.3) is 0 Å². The Morgan fingerprint density at radius 3 is 1.24 bits per heavy atom. The monoisotopic (exact) mass is 652 g/mol. The van der Waals surface area contributed by atoms with Gasteiger partial charge in [-0.05, 0) is 76.2 Å². The second kappa shape index (κ2) is 21.2. The molecule has 0 aliphatic carbocycles. The summed E-state index contributed by atoms with van der Waals surface area (Å²) in [6.45, 7) is 18.9. The molecule has 0 radical (unpaired) electrons. The van der Waals surface area contributed by atoms with Crippen molar-refractivity contribution < 1.29 is 47.2 Å². The van der Waals surface area contributed by atoms with Crippen molar-refractivity contribution >= 4 is 66.2 Å². The van der Waals surface area contributed by atoms with E-state index in [2.05, 4.69) is 46.8 Å². The van der Waals surface area contributed by atoms with E-state index in [0.717, 1.165) is 0 Å². The van der Waals surface area contributed by atoms with E-state index in [4.69, 9.17) is 14.7 Å². The number of esters is 3. The molecule has 0 aromatic carbocycles. The van der Waals surface area contributed by atoms with Crippen LogP contribution in [0.5, 0.6) is 0 Å². The minimum Gasteiger partial charge on any atom is -0.467 e. The number of amides is 3. The summed E-state index contributed by atoms with van der Waals surface area (Å²) in [5.41, 5.74) is 4.11. The van der Waals surface area contributed by atoms with Gasteiger partial charge >= 0.3 is 35.6 Å². The molecular formula is C24H46Cl2N4O10S. The highest BCUT2D eigenvalue weighted by Gasteiger charge is 2.26. The van der Waals surface area contributed by atoms with E-state index in [9.17, 15) is 28.8 Å². The van der Waals surface area contributed by atoms with Crippen LogP contribution in [0.4, 0.5) is 0 Å². The normalized spacial score (nSPS) is 12.1. The Kier molecular flexibility index (Phi) is 23.6. The van der Waals surface area contributed by atoms with E-state index in [1.54, 1.807) is 41.5 Å². The van der Waals surface area contributed by atoms with E-state index in [-0.39, 0.29) is 5.54 Å². The number of carbonyl (C=O) groups excluding carboxylic acids is 6. The van der Waals surface area contributed by atoms with Crippen LogP contribution in [0.15, 0.2) is 0 Å². The van der Waals surface area contributed by atoms with Gasteiger partial charge in [0.15, 0.2) is 0 Å². The third kappa shape index (κ3) is 37.5. The Bertz CT molecular complexity index is 828. The van der Waals surface area contributed by atoms with E-state index in [0.29, 0.717) is 0 Å². The van der Waals surface area contributed by atoms with Crippen LogP contribution in [0, 0.1) is 0 Å². The number of hydrogen-bond donors (Lipinski definition) is 4. The smallest absolute Gasteiger partial charge is 0.397 e. The molecule has 0 unspecified atom stereocenters. The number of methoxy groups -OCH3 is 2. The molecule has 0 aliphatic heterocycles. The lowest BCUT2D eigenvalue weighted by Crippen LogP contribution is -2.51. The highest BCUT2D eigenvalue weighted by molar-refractivity contribution is 8.26. The molecule has 242 valence electrons. The molecule has 0 saturated carbocycles. The third-order valence-electron chi connectivity index (χ3n) is 3.08. The number of rotatable bonds is 4. The lowest BCUT2D eigenvalue weighted by Gasteiger charge is -2.20. The maximum Gasteiger partial charge on any atom is 0.397 e. The van der Waals surface area contributed by atoms with Crippen LogP contribution in [0.2, 0.25) is 0 Å². The fourth-order valence-electron chi connectivity index (χ4n) is 1.71. The highest BCUT2D eigenvalue weighted by atomic mass is 36.0. The zero-order valence-corrected chi connectivity index (χ0v) is 28.3. The molecule has 0 spiro atoms. The Morgan fingerprint density at radius 2 is 1.00 bits per heavy atom. The molecule has 2 atom stereocenters. The predicted octanol–water partition coefficient (Wildman–Crippen LogP) is 1.37. The second-order valence-corrected chi connectivity index (χ2v) is 13.7. The summed E-state index contributed by atoms with van der Waals surface area (Å²) in [5, 5.41) is 6.87. The summed E-state index contributed by atoms with van der Waals surface area (Å²) < 4.78 is 22.7. The van der Waals surface area contributed by atoms with Gasteiger partial charge in [0.05, 0.1) is 14.2 Å². The minimum absolute atomic E-state index is 0. The molecular weight excluding hydrogens is 607 g/mol. The van der Waals surface area contributed by atoms with Gasteiger partial charge in [-0.25, -0.2) is 18.6 Å². The van der Waals surface area contributed by atoms with Gasteiger partial charge in [-0.2, -0.15) is 0 Å². The summed E-state index contributed by atoms with van der Waals surface area (Å²) in [7, 11) is 9.76. The number of nitrogens with two attached hydrogens (primary N) is 1. The van der Waals surface area contributed by atoms with E-state index >= 15 is 0 Å². The second-order valence-electron chi connectivity index (χ2n) is 11.2. The molecule has 0 bridgehead atoms. The van der Waals surface area contributed by atoms with Crippen molar-refractivity contribution in [1.82, 2.24) is 16.0 Å². The fraction of sp³-hybridized carbons (Fsp3) is 0.750. The summed E-state index contributed by atoms with van der Waals surface area (Å²) in [6, 6.07) is -1.73. The maximum absolute atomic E-state index is 11.3. The molecule has 14 nitrogen and oxygen atoms in total. The van der Waals surface area contributed by atoms with Gasteiger partial charge in [0.1, 0.15) is 17.7 Å². The summed E-state index contributed by atoms with van der Waals surface area (Å²) in [6.07, 6.45) is 0. The molecule has 0 rings (SSSR count). The van der Waals surface area contributed by atoms with Crippen molar-refractivity contribution in [3.05, 3.63) is 0 Å². The maximum atomic E-state index is 11.3. The number of hydrogen-bond acceptors (Lipinski definition) is 11. The van der Waals surface area contributed by atoms with Crippen molar-refractivity contribution in [2.75, 3.05) is 14.2 Å². The van der Waals surface area contributed by atoms with Gasteiger partial charge in [0, 0.05) is 32.4 Å². The lowest BCUT2D eigenvalue weighted by molar-refractivity contribution is -0.164. The van der Waals surface area contributed by atoms with Gasteiger partial charge in [0.25, 0.3) is 0 Å². The molecule has 17 heteroatoms. The Balaban J connectivity index is -0.000000258. The molecule has 41 heavy (non-hydrogen) atoms. The summed E-state index contributed by atoms with van der Waals surface area (Å²) in [4.78, 5) is 67.1. The van der Waals surface area contributed by atoms with Crippen molar-refractivity contribution in [2.24, 2.45) is 5.73 Å². The fourth-order valence-corrected chi connectivity index (χ4v) is 1.71. The number of halogens is 2. The zero-order chi connectivity index (χ0) is 33.9. The number of nitrogens with one attached hydrogen (secondary N) is 3. The first-order valence-corrected chi connectivity index (χ1v) is 14.7. The highest BCUT2D eigenvalue weighted by Crippen LogP contribution is 2.06. The standard InChI is InChI=1S/C10H18N2O4.C10H17NO5.C4H11N.Cl2OS/c1-6(9(15)16-5)11-7(13)8(14)12-10(2,3)4;1-6(8(13)15-5)11-7(12)9(14)16-10(2,3)4;1-4(2,3)5;1-4(2)3/h6H,1-5H3,(H,11,13)(H,12,14);6H,1-5H3,(H,11,12);5H2,1-3H3;/t2*6-;;/m00../s1. The largest absolute Gasteiger partial charge is 0.467 e. The van der Waals surface area contributed by atoms with Crippen LogP contribution in [0.1, 0.15) is 76.2 Å². The number of carbonyl (C=O) groups is 6. The van der Waals surface area contributed by atoms with E-state index in [1.165, 1.54) is 28.1 Å². The molecule has 0 aromatic heterocycles. The van der Waals surface area contributed by atoms with Gasteiger partial charge < -0.3 is 35.9 Å². The summed E-state index contributed by atoms with van der Waals surface area (Å²) in [5.74, 6) is -4.85. The molecule has 5 N–H and O–H groups in total. The van der Waals surface area contributed by atoms with Gasteiger partial charge in [-0.3, -0.25) is 14.4 Å². The molecule has 0 aromatic rings.